The van der Waals surface area contributed by atoms with Crippen molar-refractivity contribution in [1.29, 1.82) is 5.26 Å². The van der Waals surface area contributed by atoms with Crippen LogP contribution in [-0.4, -0.2) is 330 Å². The molecule has 144 heavy (non-hydrogen) atoms. The Balaban J connectivity index is 0.000000129. The van der Waals surface area contributed by atoms with E-state index in [1.54, 1.807) is 73.9 Å². The number of fused-ring (bicyclic) bond motifs is 5. The van der Waals surface area contributed by atoms with Crippen LogP contribution in [0.4, 0.5) is 94.9 Å². The highest BCUT2D eigenvalue weighted by molar-refractivity contribution is 5.77. The average Bonchev–Trinajstić information content (AvgIpc) is 1.63. The van der Waals surface area contributed by atoms with Crippen molar-refractivity contribution in [3.05, 3.63) is 183 Å². The number of aliphatic hydroxyl groups excluding tert-OH is 3. The van der Waals surface area contributed by atoms with Gasteiger partial charge in [0.05, 0.1) is 80.2 Å². The number of piperazine rings is 4. The van der Waals surface area contributed by atoms with Crippen LogP contribution in [0.25, 0.3) is 85.8 Å². The lowest BCUT2D eigenvalue weighted by atomic mass is 10.0. The van der Waals surface area contributed by atoms with Crippen LogP contribution in [0.15, 0.2) is 154 Å². The number of alkyl halides is 15. The van der Waals surface area contributed by atoms with E-state index in [1.807, 2.05) is 4.90 Å². The van der Waals surface area contributed by atoms with Gasteiger partial charge in [0.2, 0.25) is 5.91 Å². The number of nitrogens with zero attached hydrogens (tertiary/aromatic N) is 35. The summed E-state index contributed by atoms with van der Waals surface area (Å²) >= 11 is 0. The molecule has 0 saturated carbocycles. The molecule has 15 aromatic rings. The molecule has 0 aromatic carbocycles. The number of aliphatic hydroxyl groups is 4. The molecule has 1 unspecified atom stereocenters. The molecular weight excluding hydrogens is 1920 g/mol. The smallest absolute Gasteiger partial charge is 0.396 e. The summed E-state index contributed by atoms with van der Waals surface area (Å²) in [6.45, 7) is 18.1. The first-order valence-electron chi connectivity index (χ1n) is 45.1. The Bertz CT molecular complexity index is 6840. The van der Waals surface area contributed by atoms with Gasteiger partial charge in [-0.3, -0.25) is 41.5 Å². The molecule has 4 N–H and O–H groups in total. The molecule has 55 heteroatoms. The number of hydrogen-bond acceptors (Lipinski definition) is 34. The minimum atomic E-state index is -4.58. The van der Waals surface area contributed by atoms with E-state index < -0.39 is 71.6 Å². The zero-order chi connectivity index (χ0) is 102. The lowest BCUT2D eigenvalue weighted by Crippen LogP contribution is -2.50. The summed E-state index contributed by atoms with van der Waals surface area (Å²) in [4.78, 5) is 111. The third-order valence-electron chi connectivity index (χ3n) is 23.9. The van der Waals surface area contributed by atoms with Gasteiger partial charge in [0.25, 0.3) is 0 Å². The summed E-state index contributed by atoms with van der Waals surface area (Å²) in [5, 5.41) is 45.7. The third kappa shape index (κ3) is 24.7. The first-order valence-corrected chi connectivity index (χ1v) is 45.1. The van der Waals surface area contributed by atoms with Gasteiger partial charge in [-0.25, -0.2) is 99.7 Å². The van der Waals surface area contributed by atoms with E-state index in [4.69, 9.17) is 20.6 Å². The van der Waals surface area contributed by atoms with E-state index in [0.717, 1.165) is 185 Å². The van der Waals surface area contributed by atoms with Gasteiger partial charge >= 0.3 is 30.9 Å². The van der Waals surface area contributed by atoms with Crippen LogP contribution in [-0.2, 0) is 35.7 Å². The molecular formula is C89H92F15N35O5. The first kappa shape index (κ1) is 102. The predicted octanol–water partition coefficient (Wildman–Crippen LogP) is 9.31. The normalized spacial score (nSPS) is 16.2. The fourth-order valence-corrected chi connectivity index (χ4v) is 16.6. The second-order valence-corrected chi connectivity index (χ2v) is 34.3. The molecule has 0 spiro atoms. The number of rotatable bonds is 20. The van der Waals surface area contributed by atoms with E-state index in [0.29, 0.717) is 132 Å². The average molecular weight is 2020 g/mol. The Labute approximate surface area is 807 Å². The van der Waals surface area contributed by atoms with Crippen LogP contribution in [0, 0.1) is 17.2 Å². The van der Waals surface area contributed by atoms with Gasteiger partial charge < -0.3 is 49.8 Å². The van der Waals surface area contributed by atoms with Gasteiger partial charge in [-0.15, -0.1) is 0 Å². The molecule has 758 valence electrons. The number of carbonyl (C=O) groups excluding carboxylic acids is 1. The highest BCUT2D eigenvalue weighted by Crippen LogP contribution is 2.37. The van der Waals surface area contributed by atoms with E-state index in [2.05, 4.69) is 140 Å². The van der Waals surface area contributed by atoms with Gasteiger partial charge in [-0.2, -0.15) is 71.1 Å². The predicted molar refractivity (Wildman–Crippen MR) is 487 cm³/mol. The number of imidazole rings is 5. The summed E-state index contributed by atoms with van der Waals surface area (Å²) in [5.41, 5.74) is -2.63. The van der Waals surface area contributed by atoms with Crippen molar-refractivity contribution < 1.29 is 91.1 Å². The fraction of sp³-hybridized carbons (Fsp3) is 0.416. The van der Waals surface area contributed by atoms with Gasteiger partial charge in [-0.05, 0) is 69.4 Å². The van der Waals surface area contributed by atoms with Gasteiger partial charge in [0.1, 0.15) is 64.2 Å². The molecule has 5 aliphatic heterocycles. The standard InChI is InChI=1S/C19H22F3N7O.C18H17F3N8.C18H19F3N6O.C17H16F3N7O2.C17H18F3N7O/c1-18(2,30)12-27-5-7-28(8-6-27)15-3-4-23-17(26-15)13-9-25-16-10-24-14(11-29(13)16)19(20,21)22;19-18(20,21)14-12-29-13(10-25-16(29)11-24-14)17-23-4-2-15(26-17)28-8-6-27(7-9-28)5-1-3-22;19-18(20,21)14-11-27-13(8-24-16(27)9-23-14)17-22-5-3-15(25-17)26-6-4-12(10-26)2-1-7-28;18-17(19,20)12-9-27-11(7-23-14(27)8-22-12)16-21-2-1-13(24-16)25-3-5-26(6-4-25)15(29)10-28;18-17(19,20)13-11-27-12(9-23-15(27)10-22-13)16-21-2-1-14(24-16)26-5-3-25(4-6-26)7-8-28/h3-4,9-11,30H,5-8,12H2,1-2H3;2,4,10-12H,1,5-9H2;3,5,8-9,11-12,28H,1-2,4,6-7,10H2;1-2,7-9,28H,3-6,10H2;1-2,9-11,28H,3-8H2. The molecule has 1 atom stereocenters. The quantitative estimate of drug-likeness (QED) is 0.0516. The largest absolute Gasteiger partial charge is 0.434 e. The van der Waals surface area contributed by atoms with Crippen molar-refractivity contribution in [1.82, 2.24) is 141 Å². The number of nitriles is 1. The zero-order valence-electron chi connectivity index (χ0n) is 76.8. The molecule has 5 saturated heterocycles. The molecule has 5 fully saturated rings. The van der Waals surface area contributed by atoms with Gasteiger partial charge in [-0.1, -0.05) is 0 Å². The number of anilines is 5. The molecule has 1 amide bonds. The summed E-state index contributed by atoms with van der Waals surface area (Å²) in [6.07, 6.45) is 5.42. The van der Waals surface area contributed by atoms with E-state index >= 15 is 0 Å². The highest BCUT2D eigenvalue weighted by Gasteiger charge is 2.39. The zero-order valence-corrected chi connectivity index (χ0v) is 76.8. The Morgan fingerprint density at radius 2 is 0.632 bits per heavy atom. The number of aromatic nitrogens is 25. The number of amides is 1. The third-order valence-corrected chi connectivity index (χ3v) is 23.9. The second-order valence-electron chi connectivity index (χ2n) is 34.3. The summed E-state index contributed by atoms with van der Waals surface area (Å²) in [5.74, 6) is 5.01. The number of carbonyl (C=O) groups is 1. The van der Waals surface area contributed by atoms with Crippen molar-refractivity contribution in [3.63, 3.8) is 0 Å². The van der Waals surface area contributed by atoms with Crippen LogP contribution < -0.4 is 24.5 Å². The van der Waals surface area contributed by atoms with Crippen molar-refractivity contribution >= 4 is 63.2 Å². The molecule has 40 nitrogen and oxygen atoms in total. The summed E-state index contributed by atoms with van der Waals surface area (Å²) in [7, 11) is 0. The maximum atomic E-state index is 13.0. The van der Waals surface area contributed by atoms with Crippen LogP contribution >= 0.6 is 0 Å². The van der Waals surface area contributed by atoms with Gasteiger partial charge in [0.15, 0.2) is 85.8 Å². The molecule has 15 aromatic heterocycles. The van der Waals surface area contributed by atoms with E-state index in [-0.39, 0.29) is 47.5 Å². The minimum Gasteiger partial charge on any atom is -0.396 e. The van der Waals surface area contributed by atoms with Crippen molar-refractivity contribution in [3.8, 4) is 63.7 Å². The van der Waals surface area contributed by atoms with E-state index in [9.17, 15) is 75.8 Å². The number of halogens is 15. The van der Waals surface area contributed by atoms with Crippen molar-refractivity contribution in [2.75, 3.05) is 182 Å². The van der Waals surface area contributed by atoms with Gasteiger partial charge in [0, 0.05) is 212 Å². The summed E-state index contributed by atoms with van der Waals surface area (Å²) < 4.78 is 202. The van der Waals surface area contributed by atoms with Crippen molar-refractivity contribution in [2.24, 2.45) is 5.92 Å². The molecule has 20 rings (SSSR count). The molecule has 0 aliphatic carbocycles. The Morgan fingerprint density at radius 3 is 0.896 bits per heavy atom. The molecule has 5 aliphatic rings. The topological polar surface area (TPSA) is 431 Å². The molecule has 20 heterocycles. The number of hydrogen-bond donors (Lipinski definition) is 4. The molecule has 0 bridgehead atoms. The first-order chi connectivity index (χ1) is 68.8. The Hall–Kier alpha value is -14.9. The SMILES string of the molecule is CC(C)(O)CN1CCN(c2ccnc(-c3cnc4cnc(C(F)(F)F)cn34)n2)CC1.N#CCCN1CCN(c2ccnc(-c3cnc4cnc(C(F)(F)F)cn34)n2)CC1.O=C(CO)N1CCN(c2ccnc(-c3cnc4cnc(C(F)(F)F)cn34)n2)CC1.OCCCC1CCN(c2ccnc(-c3cnc4cnc(C(F)(F)F)cn34)n2)C1.OCCN1CCN(c2ccnc(-c3cnc4cnc(C(F)(F)F)cn34)n2)CC1. The molecule has 0 radical (unpaired) electrons. The van der Waals surface area contributed by atoms with Crippen LogP contribution in [0.1, 0.15) is 68.0 Å². The van der Waals surface area contributed by atoms with Crippen LogP contribution in [0.3, 0.4) is 0 Å². The van der Waals surface area contributed by atoms with E-state index in [1.165, 1.54) is 59.2 Å². The summed E-state index contributed by atoms with van der Waals surface area (Å²) in [6, 6.07) is 11.0. The second kappa shape index (κ2) is 43.5. The lowest BCUT2D eigenvalue weighted by Gasteiger charge is -2.37. The number of β-amino-alcohol motifs (C(OH)–C–C–N with tert-alkyl or cyclic N) is 2. The van der Waals surface area contributed by atoms with Crippen molar-refractivity contribution in [2.45, 2.75) is 76.0 Å². The Morgan fingerprint density at radius 1 is 0.354 bits per heavy atom. The lowest BCUT2D eigenvalue weighted by molar-refractivity contribution is -0.142. The fourth-order valence-electron chi connectivity index (χ4n) is 16.6. The highest BCUT2D eigenvalue weighted by atomic mass is 19.4. The Kier molecular flexibility index (Phi) is 30.8. The monoisotopic (exact) mass is 2020 g/mol. The van der Waals surface area contributed by atoms with Crippen LogP contribution in [0.5, 0.6) is 0 Å². The van der Waals surface area contributed by atoms with Crippen LogP contribution in [0.2, 0.25) is 0 Å². The minimum absolute atomic E-state index is 0.126. The maximum absolute atomic E-state index is 13.0. The maximum Gasteiger partial charge on any atom is 0.434 e.